The van der Waals surface area contributed by atoms with Gasteiger partial charge in [0.05, 0.1) is 0 Å². The molecule has 0 aliphatic carbocycles. The number of hydrogen-bond acceptors (Lipinski definition) is 5. The predicted molar refractivity (Wildman–Crippen MR) is 90.5 cm³/mol. The monoisotopic (exact) mass is 393 g/mol. The Hall–Kier alpha value is -2.22. The Morgan fingerprint density at radius 1 is 1.21 bits per heavy atom. The average Bonchev–Trinajstić information content (AvgIpc) is 3.19. The molecule has 2 amide bonds. The molecule has 1 saturated heterocycles. The maximum Gasteiger partial charge on any atom is 0.335 e. The van der Waals surface area contributed by atoms with Crippen molar-refractivity contribution < 1.29 is 19.1 Å². The third-order valence-corrected chi connectivity index (χ3v) is 4.37. The highest BCUT2D eigenvalue weighted by Crippen LogP contribution is 2.19. The second kappa shape index (κ2) is 7.12. The lowest BCUT2D eigenvalue weighted by Crippen LogP contribution is -2.35. The lowest BCUT2D eigenvalue weighted by molar-refractivity contribution is -0.138. The fourth-order valence-corrected chi connectivity index (χ4v) is 2.83. The van der Waals surface area contributed by atoms with Gasteiger partial charge in [0.15, 0.2) is 5.90 Å². The second-order valence-electron chi connectivity index (χ2n) is 5.65. The van der Waals surface area contributed by atoms with Crippen molar-refractivity contribution in [1.82, 2.24) is 5.32 Å². The van der Waals surface area contributed by atoms with E-state index in [0.29, 0.717) is 31.4 Å². The van der Waals surface area contributed by atoms with Gasteiger partial charge in [-0.3, -0.25) is 9.59 Å². The Bertz CT molecular complexity index is 702. The highest BCUT2D eigenvalue weighted by atomic mass is 79.9. The first kappa shape index (κ1) is 16.6. The van der Waals surface area contributed by atoms with Crippen LogP contribution in [0.1, 0.15) is 25.7 Å². The molecule has 8 heteroatoms. The van der Waals surface area contributed by atoms with E-state index >= 15 is 0 Å². The fraction of sp³-hybridized carbons (Fsp3) is 0.375. The molecule has 0 bridgehead atoms. The molecule has 2 unspecified atom stereocenters. The van der Waals surface area contributed by atoms with E-state index in [1.165, 1.54) is 0 Å². The topological polar surface area (TPSA) is 96.9 Å². The van der Waals surface area contributed by atoms with Crippen LogP contribution >= 0.6 is 15.9 Å². The molecular formula is C16H16BrN3O4. The van der Waals surface area contributed by atoms with Crippen LogP contribution in [-0.2, 0) is 19.1 Å². The molecule has 0 spiro atoms. The molecule has 0 saturated carbocycles. The maximum atomic E-state index is 12.2. The van der Waals surface area contributed by atoms with E-state index in [4.69, 9.17) is 4.74 Å². The van der Waals surface area contributed by atoms with Crippen LogP contribution < -0.4 is 10.6 Å². The summed E-state index contributed by atoms with van der Waals surface area (Å²) in [5.74, 6) is -0.666. The van der Waals surface area contributed by atoms with Crippen molar-refractivity contribution in [3.8, 4) is 0 Å². The number of benzene rings is 1. The number of anilines is 1. The molecule has 24 heavy (non-hydrogen) atoms. The number of aliphatic imine (C=N–C) groups is 1. The zero-order valence-corrected chi connectivity index (χ0v) is 14.3. The first-order valence-corrected chi connectivity index (χ1v) is 8.45. The van der Waals surface area contributed by atoms with Gasteiger partial charge in [-0.25, -0.2) is 9.79 Å². The fourth-order valence-electron chi connectivity index (χ4n) is 2.57. The number of rotatable bonds is 3. The number of amides is 2. The van der Waals surface area contributed by atoms with Crippen molar-refractivity contribution in [3.63, 3.8) is 0 Å². The summed E-state index contributed by atoms with van der Waals surface area (Å²) >= 11 is 3.33. The number of carbonyl (C=O) groups is 3. The molecule has 7 nitrogen and oxygen atoms in total. The summed E-state index contributed by atoms with van der Waals surface area (Å²) in [4.78, 5) is 39.4. The molecule has 1 aromatic carbocycles. The first-order chi connectivity index (χ1) is 11.5. The summed E-state index contributed by atoms with van der Waals surface area (Å²) in [7, 11) is 0. The van der Waals surface area contributed by atoms with Gasteiger partial charge >= 0.3 is 5.97 Å². The number of hydrogen-bond donors (Lipinski definition) is 2. The maximum absolute atomic E-state index is 12.2. The van der Waals surface area contributed by atoms with Crippen LogP contribution in [0.4, 0.5) is 5.69 Å². The van der Waals surface area contributed by atoms with Gasteiger partial charge in [-0.15, -0.1) is 0 Å². The molecule has 2 atom stereocenters. The quantitative estimate of drug-likeness (QED) is 0.764. The van der Waals surface area contributed by atoms with E-state index < -0.39 is 18.1 Å². The van der Waals surface area contributed by atoms with Crippen molar-refractivity contribution in [2.75, 3.05) is 5.32 Å². The van der Waals surface area contributed by atoms with Crippen LogP contribution in [0, 0.1) is 0 Å². The van der Waals surface area contributed by atoms with E-state index in [9.17, 15) is 14.4 Å². The highest BCUT2D eigenvalue weighted by molar-refractivity contribution is 9.10. The number of carbonyl (C=O) groups excluding carboxylic acids is 3. The van der Waals surface area contributed by atoms with Crippen LogP contribution in [0.2, 0.25) is 0 Å². The molecule has 126 valence electrons. The van der Waals surface area contributed by atoms with Crippen LogP contribution in [0.25, 0.3) is 0 Å². The van der Waals surface area contributed by atoms with E-state index in [0.717, 1.165) is 4.47 Å². The van der Waals surface area contributed by atoms with Gasteiger partial charge in [0.1, 0.15) is 12.1 Å². The van der Waals surface area contributed by atoms with Gasteiger partial charge in [0.2, 0.25) is 11.8 Å². The normalized spacial score (nSPS) is 22.7. The number of ether oxygens (including phenoxy) is 1. The Morgan fingerprint density at radius 2 is 1.96 bits per heavy atom. The van der Waals surface area contributed by atoms with Gasteiger partial charge < -0.3 is 15.4 Å². The summed E-state index contributed by atoms with van der Waals surface area (Å²) in [6.07, 6.45) is 1.66. The summed E-state index contributed by atoms with van der Waals surface area (Å²) in [6, 6.07) is 6.03. The van der Waals surface area contributed by atoms with E-state index in [1.807, 2.05) is 12.1 Å². The number of esters is 1. The van der Waals surface area contributed by atoms with Crippen molar-refractivity contribution >= 4 is 45.3 Å². The summed E-state index contributed by atoms with van der Waals surface area (Å²) in [6.45, 7) is 0. The standard InChI is InChI=1S/C16H16BrN3O4/c17-9-1-3-10(4-2-9)18-15(22)11-6-8-14(20-11)24-16(23)12-5-7-13(21)19-12/h1-4,11-12H,5-8H2,(H,18,22)(H,19,21). The van der Waals surface area contributed by atoms with Crippen molar-refractivity contribution in [2.45, 2.75) is 37.8 Å². The summed E-state index contributed by atoms with van der Waals surface area (Å²) in [5.41, 5.74) is 0.678. The lowest BCUT2D eigenvalue weighted by atomic mass is 10.2. The summed E-state index contributed by atoms with van der Waals surface area (Å²) < 4.78 is 6.12. The largest absolute Gasteiger partial charge is 0.410 e. The minimum Gasteiger partial charge on any atom is -0.410 e. The van der Waals surface area contributed by atoms with E-state index in [-0.39, 0.29) is 17.7 Å². The van der Waals surface area contributed by atoms with Gasteiger partial charge in [-0.1, -0.05) is 15.9 Å². The van der Waals surface area contributed by atoms with Crippen LogP contribution in [0.3, 0.4) is 0 Å². The van der Waals surface area contributed by atoms with Gasteiger partial charge in [-0.05, 0) is 37.1 Å². The van der Waals surface area contributed by atoms with E-state index in [2.05, 4.69) is 31.6 Å². The molecule has 1 aromatic rings. The molecule has 2 aliphatic heterocycles. The van der Waals surface area contributed by atoms with Crippen LogP contribution in [0.15, 0.2) is 33.7 Å². The summed E-state index contributed by atoms with van der Waals surface area (Å²) in [5, 5.41) is 5.33. The van der Waals surface area contributed by atoms with Crippen molar-refractivity contribution in [2.24, 2.45) is 4.99 Å². The van der Waals surface area contributed by atoms with Gasteiger partial charge in [0.25, 0.3) is 0 Å². The number of halogens is 1. The van der Waals surface area contributed by atoms with Gasteiger partial charge in [0, 0.05) is 23.0 Å². The Labute approximate surface area is 147 Å². The minimum absolute atomic E-state index is 0.155. The van der Waals surface area contributed by atoms with Gasteiger partial charge in [-0.2, -0.15) is 0 Å². The Kier molecular flexibility index (Phi) is 4.94. The highest BCUT2D eigenvalue weighted by Gasteiger charge is 2.32. The minimum atomic E-state index is -0.615. The van der Waals surface area contributed by atoms with Crippen LogP contribution in [-0.4, -0.2) is 35.8 Å². The molecule has 2 aliphatic rings. The molecule has 0 radical (unpaired) electrons. The van der Waals surface area contributed by atoms with E-state index in [1.54, 1.807) is 12.1 Å². The number of nitrogens with one attached hydrogen (secondary N) is 2. The van der Waals surface area contributed by atoms with Crippen LogP contribution in [0.5, 0.6) is 0 Å². The molecule has 3 rings (SSSR count). The Morgan fingerprint density at radius 3 is 2.62 bits per heavy atom. The molecule has 0 aromatic heterocycles. The second-order valence-corrected chi connectivity index (χ2v) is 6.57. The first-order valence-electron chi connectivity index (χ1n) is 7.65. The Balaban J connectivity index is 1.54. The zero-order valence-electron chi connectivity index (χ0n) is 12.8. The van der Waals surface area contributed by atoms with Crippen molar-refractivity contribution in [3.05, 3.63) is 28.7 Å². The van der Waals surface area contributed by atoms with Crippen molar-refractivity contribution in [1.29, 1.82) is 0 Å². The smallest absolute Gasteiger partial charge is 0.335 e. The molecule has 1 fully saturated rings. The molecular weight excluding hydrogens is 378 g/mol. The lowest BCUT2D eigenvalue weighted by Gasteiger charge is -2.09. The molecule has 2 N–H and O–H groups in total. The third kappa shape index (κ3) is 4.00. The zero-order chi connectivity index (χ0) is 17.1. The number of nitrogens with zero attached hydrogens (tertiary/aromatic N) is 1. The molecule has 2 heterocycles. The third-order valence-electron chi connectivity index (χ3n) is 3.84. The average molecular weight is 394 g/mol. The SMILES string of the molecule is O=C1CCC(C(=O)OC2=NC(C(=O)Nc3ccc(Br)cc3)CC2)N1. The predicted octanol–water partition coefficient (Wildman–Crippen LogP) is 1.77.